The van der Waals surface area contributed by atoms with Gasteiger partial charge in [0.25, 0.3) is 0 Å². The minimum absolute atomic E-state index is 0.0854. The van der Waals surface area contributed by atoms with Crippen molar-refractivity contribution in [2.75, 3.05) is 19.6 Å². The van der Waals surface area contributed by atoms with Crippen molar-refractivity contribution in [2.24, 2.45) is 0 Å². The maximum Gasteiger partial charge on any atom is 0.0695 e. The largest absolute Gasteiger partial charge is 0.391 e. The smallest absolute Gasteiger partial charge is 0.0695 e. The third-order valence-electron chi connectivity index (χ3n) is 3.81. The van der Waals surface area contributed by atoms with Crippen molar-refractivity contribution in [3.05, 3.63) is 0 Å². The van der Waals surface area contributed by atoms with Crippen LogP contribution in [0.5, 0.6) is 0 Å². The normalized spacial score (nSPS) is 40.0. The quantitative estimate of drug-likeness (QED) is 0.636. The Kier molecular flexibility index (Phi) is 4.00. The van der Waals surface area contributed by atoms with Crippen LogP contribution in [0.25, 0.3) is 0 Å². The number of hydrogen-bond acceptors (Lipinski definition) is 3. The fourth-order valence-electron chi connectivity index (χ4n) is 2.96. The van der Waals surface area contributed by atoms with Crippen LogP contribution < -0.4 is 5.32 Å². The highest BCUT2D eigenvalue weighted by Crippen LogP contribution is 2.23. The Morgan fingerprint density at radius 2 is 2.00 bits per heavy atom. The fourth-order valence-corrected chi connectivity index (χ4v) is 2.96. The van der Waals surface area contributed by atoms with Gasteiger partial charge in [-0.25, -0.2) is 0 Å². The molecule has 0 bridgehead atoms. The second-order valence-electron chi connectivity index (χ2n) is 5.12. The first-order valence-corrected chi connectivity index (χ1v) is 6.43. The molecule has 88 valence electrons. The molecule has 15 heavy (non-hydrogen) atoms. The first-order valence-electron chi connectivity index (χ1n) is 6.43. The van der Waals surface area contributed by atoms with Crippen molar-refractivity contribution in [1.82, 2.24) is 10.2 Å². The number of aliphatic hydroxyl groups is 1. The lowest BCUT2D eigenvalue weighted by molar-refractivity contribution is 0.0302. The van der Waals surface area contributed by atoms with Gasteiger partial charge in [-0.3, -0.25) is 4.90 Å². The minimum atomic E-state index is -0.0854. The molecular formula is C12H24N2O. The van der Waals surface area contributed by atoms with E-state index in [0.29, 0.717) is 12.1 Å². The van der Waals surface area contributed by atoms with Gasteiger partial charge in [0, 0.05) is 31.7 Å². The van der Waals surface area contributed by atoms with E-state index in [1.54, 1.807) is 0 Å². The Labute approximate surface area is 92.8 Å². The van der Waals surface area contributed by atoms with Gasteiger partial charge in [0.1, 0.15) is 0 Å². The van der Waals surface area contributed by atoms with Crippen molar-refractivity contribution in [3.63, 3.8) is 0 Å². The number of piperazine rings is 1. The van der Waals surface area contributed by atoms with Gasteiger partial charge in [-0.15, -0.1) is 0 Å². The maximum absolute atomic E-state index is 10.1. The van der Waals surface area contributed by atoms with E-state index in [4.69, 9.17) is 0 Å². The number of nitrogens with one attached hydrogen (secondary N) is 1. The molecule has 1 aliphatic heterocycles. The van der Waals surface area contributed by atoms with Gasteiger partial charge in [0.2, 0.25) is 0 Å². The minimum Gasteiger partial charge on any atom is -0.391 e. The predicted octanol–water partition coefficient (Wildman–Crippen LogP) is 0.974. The van der Waals surface area contributed by atoms with Crippen LogP contribution in [0.3, 0.4) is 0 Å². The molecule has 0 spiro atoms. The van der Waals surface area contributed by atoms with Gasteiger partial charge in [0.05, 0.1) is 6.10 Å². The third kappa shape index (κ3) is 2.92. The zero-order valence-corrected chi connectivity index (χ0v) is 9.78. The van der Waals surface area contributed by atoms with Gasteiger partial charge in [-0.1, -0.05) is 19.3 Å². The van der Waals surface area contributed by atoms with Gasteiger partial charge >= 0.3 is 0 Å². The number of nitrogens with zero attached hydrogens (tertiary/aromatic N) is 1. The number of rotatable bonds is 1. The molecule has 3 heteroatoms. The Balaban J connectivity index is 1.94. The van der Waals surface area contributed by atoms with E-state index >= 15 is 0 Å². The summed E-state index contributed by atoms with van der Waals surface area (Å²) in [6.07, 6.45) is 5.91. The molecule has 0 aromatic rings. The molecule has 3 atom stereocenters. The van der Waals surface area contributed by atoms with Crippen molar-refractivity contribution in [3.8, 4) is 0 Å². The van der Waals surface area contributed by atoms with Gasteiger partial charge < -0.3 is 10.4 Å². The Morgan fingerprint density at radius 3 is 2.80 bits per heavy atom. The van der Waals surface area contributed by atoms with Crippen LogP contribution in [0.2, 0.25) is 0 Å². The summed E-state index contributed by atoms with van der Waals surface area (Å²) in [6.45, 7) is 5.51. The molecule has 0 aromatic heterocycles. The van der Waals surface area contributed by atoms with Gasteiger partial charge in [-0.2, -0.15) is 0 Å². The molecule has 1 aliphatic carbocycles. The molecule has 0 aromatic carbocycles. The first kappa shape index (κ1) is 11.4. The van der Waals surface area contributed by atoms with Crippen molar-refractivity contribution in [2.45, 2.75) is 57.2 Å². The summed E-state index contributed by atoms with van der Waals surface area (Å²) in [5, 5.41) is 13.6. The summed E-state index contributed by atoms with van der Waals surface area (Å²) in [4.78, 5) is 2.50. The first-order chi connectivity index (χ1) is 7.27. The molecule has 2 aliphatic rings. The van der Waals surface area contributed by atoms with Crippen LogP contribution in [0, 0.1) is 0 Å². The average molecular weight is 212 g/mol. The SMILES string of the molecule is CC1CN(C2CCCCCC2O)CCN1. The van der Waals surface area contributed by atoms with E-state index in [-0.39, 0.29) is 6.10 Å². The van der Waals surface area contributed by atoms with Crippen LogP contribution in [-0.2, 0) is 0 Å². The average Bonchev–Trinajstić information content (AvgIpc) is 2.43. The van der Waals surface area contributed by atoms with E-state index in [1.165, 1.54) is 25.7 Å². The molecular weight excluding hydrogens is 188 g/mol. The maximum atomic E-state index is 10.1. The summed E-state index contributed by atoms with van der Waals surface area (Å²) in [7, 11) is 0. The summed E-state index contributed by atoms with van der Waals surface area (Å²) in [5.41, 5.74) is 0. The van der Waals surface area contributed by atoms with Crippen LogP contribution in [-0.4, -0.2) is 47.8 Å². The lowest BCUT2D eigenvalue weighted by Crippen LogP contribution is -2.55. The van der Waals surface area contributed by atoms with Crippen LogP contribution in [0.4, 0.5) is 0 Å². The van der Waals surface area contributed by atoms with E-state index in [2.05, 4.69) is 17.1 Å². The molecule has 1 saturated heterocycles. The Morgan fingerprint density at radius 1 is 1.20 bits per heavy atom. The molecule has 2 fully saturated rings. The number of hydrogen-bond donors (Lipinski definition) is 2. The van der Waals surface area contributed by atoms with Crippen LogP contribution in [0.1, 0.15) is 39.0 Å². The topological polar surface area (TPSA) is 35.5 Å². The van der Waals surface area contributed by atoms with Crippen molar-refractivity contribution >= 4 is 0 Å². The van der Waals surface area contributed by atoms with Crippen LogP contribution >= 0.6 is 0 Å². The molecule has 2 N–H and O–H groups in total. The third-order valence-corrected chi connectivity index (χ3v) is 3.81. The molecule has 2 rings (SSSR count). The Bertz CT molecular complexity index is 198. The van der Waals surface area contributed by atoms with E-state index < -0.39 is 0 Å². The van der Waals surface area contributed by atoms with Crippen LogP contribution in [0.15, 0.2) is 0 Å². The summed E-state index contributed by atoms with van der Waals surface area (Å²) in [5.74, 6) is 0. The van der Waals surface area contributed by atoms with E-state index in [9.17, 15) is 5.11 Å². The molecule has 0 radical (unpaired) electrons. The zero-order valence-electron chi connectivity index (χ0n) is 9.78. The van der Waals surface area contributed by atoms with E-state index in [0.717, 1.165) is 26.1 Å². The lowest BCUT2D eigenvalue weighted by atomic mass is 10.0. The van der Waals surface area contributed by atoms with E-state index in [1.807, 2.05) is 0 Å². The molecule has 1 heterocycles. The summed E-state index contributed by atoms with van der Waals surface area (Å²) in [6, 6.07) is 1.01. The van der Waals surface area contributed by atoms with Gasteiger partial charge in [0.15, 0.2) is 0 Å². The molecule has 3 unspecified atom stereocenters. The van der Waals surface area contributed by atoms with Gasteiger partial charge in [-0.05, 0) is 19.8 Å². The molecule has 0 amide bonds. The molecule has 3 nitrogen and oxygen atoms in total. The van der Waals surface area contributed by atoms with Crippen molar-refractivity contribution in [1.29, 1.82) is 0 Å². The summed E-state index contributed by atoms with van der Waals surface area (Å²) < 4.78 is 0. The predicted molar refractivity (Wildman–Crippen MR) is 61.9 cm³/mol. The highest BCUT2D eigenvalue weighted by Gasteiger charge is 2.29. The highest BCUT2D eigenvalue weighted by molar-refractivity contribution is 4.86. The molecule has 1 saturated carbocycles. The standard InChI is InChI=1S/C12H24N2O/c1-10-9-14(8-7-13-10)11-5-3-2-4-6-12(11)15/h10-13,15H,2-9H2,1H3. The number of aliphatic hydroxyl groups excluding tert-OH is 1. The second kappa shape index (κ2) is 5.28. The monoisotopic (exact) mass is 212 g/mol. The van der Waals surface area contributed by atoms with Crippen molar-refractivity contribution < 1.29 is 5.11 Å². The Hall–Kier alpha value is -0.120. The lowest BCUT2D eigenvalue weighted by Gasteiger charge is -2.39. The second-order valence-corrected chi connectivity index (χ2v) is 5.12. The zero-order chi connectivity index (χ0) is 10.7. The fraction of sp³-hybridized carbons (Fsp3) is 1.00. The summed E-state index contributed by atoms with van der Waals surface area (Å²) >= 11 is 0. The highest BCUT2D eigenvalue weighted by atomic mass is 16.3.